The Morgan fingerprint density at radius 1 is 1.36 bits per heavy atom. The molecule has 1 aliphatic heterocycles. The van der Waals surface area contributed by atoms with E-state index in [-0.39, 0.29) is 11.9 Å². The maximum Gasteiger partial charge on any atom is 0.341 e. The van der Waals surface area contributed by atoms with Gasteiger partial charge in [-0.05, 0) is 37.7 Å². The molecule has 1 aromatic heterocycles. The molecule has 1 fully saturated rings. The van der Waals surface area contributed by atoms with Crippen molar-refractivity contribution in [2.24, 2.45) is 5.92 Å². The van der Waals surface area contributed by atoms with Gasteiger partial charge in [-0.25, -0.2) is 4.79 Å². The van der Waals surface area contributed by atoms with Crippen LogP contribution in [-0.4, -0.2) is 64.4 Å². The number of thiophene rings is 1. The number of rotatable bonds is 8. The van der Waals surface area contributed by atoms with E-state index in [1.54, 1.807) is 11.3 Å². The molecule has 1 aromatic rings. The van der Waals surface area contributed by atoms with E-state index in [1.807, 2.05) is 12.2 Å². The van der Waals surface area contributed by atoms with Crippen LogP contribution in [0.25, 0.3) is 0 Å². The van der Waals surface area contributed by atoms with E-state index in [4.69, 9.17) is 9.47 Å². The summed E-state index contributed by atoms with van der Waals surface area (Å²) in [6, 6.07) is 0. The second kappa shape index (κ2) is 10.3. The third-order valence-electron chi connectivity index (χ3n) is 5.48. The summed E-state index contributed by atoms with van der Waals surface area (Å²) < 4.78 is 10.6. The van der Waals surface area contributed by atoms with Gasteiger partial charge < -0.3 is 25.0 Å². The molecule has 2 heterocycles. The van der Waals surface area contributed by atoms with E-state index in [0.717, 1.165) is 64.2 Å². The van der Waals surface area contributed by atoms with Crippen molar-refractivity contribution in [1.29, 1.82) is 0 Å². The second-order valence-electron chi connectivity index (χ2n) is 7.72. The van der Waals surface area contributed by atoms with Crippen molar-refractivity contribution in [2.45, 2.75) is 33.1 Å². The predicted octanol–water partition coefficient (Wildman–Crippen LogP) is -0.533. The largest absolute Gasteiger partial charge is 0.462 e. The van der Waals surface area contributed by atoms with Gasteiger partial charge in [-0.3, -0.25) is 4.79 Å². The second-order valence-corrected chi connectivity index (χ2v) is 8.82. The molecule has 1 atom stereocenters. The van der Waals surface area contributed by atoms with Gasteiger partial charge in [-0.2, -0.15) is 0 Å². The topological polar surface area (TPSA) is 85.7 Å². The van der Waals surface area contributed by atoms with Gasteiger partial charge in [0, 0.05) is 4.88 Å². The minimum atomic E-state index is -0.315. The van der Waals surface area contributed by atoms with Crippen molar-refractivity contribution in [3.8, 4) is 0 Å². The minimum Gasteiger partial charge on any atom is -0.462 e. The lowest BCUT2D eigenvalue weighted by molar-refractivity contribution is -0.919. The minimum absolute atomic E-state index is 0.0610. The van der Waals surface area contributed by atoms with Gasteiger partial charge in [0.25, 0.3) is 5.91 Å². The van der Waals surface area contributed by atoms with Crippen LogP contribution in [-0.2, 0) is 27.1 Å². The van der Waals surface area contributed by atoms with Gasteiger partial charge in [0.2, 0.25) is 0 Å². The molecular formula is C20H33N3O4S+2. The van der Waals surface area contributed by atoms with Crippen molar-refractivity contribution in [1.82, 2.24) is 0 Å². The summed E-state index contributed by atoms with van der Waals surface area (Å²) in [5.41, 5.74) is 1.66. The van der Waals surface area contributed by atoms with Crippen LogP contribution in [0.5, 0.6) is 0 Å². The number of anilines is 1. The molecule has 0 unspecified atom stereocenters. The third-order valence-corrected chi connectivity index (χ3v) is 6.65. The Kier molecular flexibility index (Phi) is 7.84. The molecule has 0 radical (unpaired) electrons. The number of esters is 1. The van der Waals surface area contributed by atoms with Crippen LogP contribution in [0, 0.1) is 5.92 Å². The van der Waals surface area contributed by atoms with E-state index in [1.165, 1.54) is 9.78 Å². The summed E-state index contributed by atoms with van der Waals surface area (Å²) in [5.74, 6) is 0.236. The lowest BCUT2D eigenvalue weighted by atomic mass is 9.88. The van der Waals surface area contributed by atoms with E-state index in [2.05, 4.69) is 12.2 Å². The Morgan fingerprint density at radius 3 is 2.89 bits per heavy atom. The van der Waals surface area contributed by atoms with E-state index in [9.17, 15) is 9.59 Å². The molecule has 0 bridgehead atoms. The normalized spacial score (nSPS) is 19.9. The van der Waals surface area contributed by atoms with E-state index >= 15 is 0 Å². The first kappa shape index (κ1) is 21.2. The summed E-state index contributed by atoms with van der Waals surface area (Å²) in [4.78, 5) is 27.7. The van der Waals surface area contributed by atoms with Crippen molar-refractivity contribution < 1.29 is 29.3 Å². The van der Waals surface area contributed by atoms with Crippen molar-refractivity contribution in [3.63, 3.8) is 0 Å². The molecule has 0 aromatic carbocycles. The lowest BCUT2D eigenvalue weighted by Crippen LogP contribution is -3.16. The summed E-state index contributed by atoms with van der Waals surface area (Å²) in [6.07, 6.45) is 2.92. The quantitative estimate of drug-likeness (QED) is 0.396. The highest BCUT2D eigenvalue weighted by Crippen LogP contribution is 2.40. The molecule has 1 aliphatic carbocycles. The molecule has 1 amide bonds. The van der Waals surface area contributed by atoms with Crippen LogP contribution in [0.3, 0.4) is 0 Å². The number of quaternary nitrogens is 2. The number of fused-ring (bicyclic) bond motifs is 1. The summed E-state index contributed by atoms with van der Waals surface area (Å²) in [7, 11) is 0. The average Bonchev–Trinajstić information content (AvgIpc) is 3.03. The highest BCUT2D eigenvalue weighted by molar-refractivity contribution is 7.17. The van der Waals surface area contributed by atoms with E-state index in [0.29, 0.717) is 29.6 Å². The van der Waals surface area contributed by atoms with Crippen LogP contribution in [0.4, 0.5) is 5.00 Å². The molecule has 156 valence electrons. The Balaban J connectivity index is 1.56. The van der Waals surface area contributed by atoms with Crippen LogP contribution in [0.15, 0.2) is 0 Å². The SMILES string of the molecule is CCOC(=O)c1c(NC(=O)C[NH2+]CC[NH+]2CCOCC2)sc2c1CC[C@H](C)C2. The monoisotopic (exact) mass is 411 g/mol. The Labute approximate surface area is 170 Å². The first-order chi connectivity index (χ1) is 13.6. The molecule has 28 heavy (non-hydrogen) atoms. The molecule has 0 saturated carbocycles. The molecule has 7 nitrogen and oxygen atoms in total. The van der Waals surface area contributed by atoms with Gasteiger partial charge in [-0.1, -0.05) is 6.92 Å². The van der Waals surface area contributed by atoms with Gasteiger partial charge in [0.15, 0.2) is 6.54 Å². The molecule has 0 spiro atoms. The van der Waals surface area contributed by atoms with Crippen LogP contribution in [0.2, 0.25) is 0 Å². The summed E-state index contributed by atoms with van der Waals surface area (Å²) in [5, 5.41) is 5.68. The number of nitrogens with two attached hydrogens (primary N) is 1. The molecule has 4 N–H and O–H groups in total. The standard InChI is InChI=1S/C20H31N3O4S/c1-3-27-20(25)18-15-5-4-14(2)12-16(15)28-19(18)22-17(24)13-21-6-7-23-8-10-26-11-9-23/h14,21H,3-13H2,1-2H3,(H,22,24)/p+2/t14-/m0/s1. The van der Waals surface area contributed by atoms with Crippen LogP contribution < -0.4 is 15.5 Å². The predicted molar refractivity (Wildman–Crippen MR) is 108 cm³/mol. The van der Waals surface area contributed by atoms with Crippen molar-refractivity contribution in [2.75, 3.05) is 57.9 Å². The highest BCUT2D eigenvalue weighted by Gasteiger charge is 2.29. The van der Waals surface area contributed by atoms with Gasteiger partial charge >= 0.3 is 5.97 Å². The van der Waals surface area contributed by atoms with Crippen LogP contribution in [0.1, 0.15) is 41.1 Å². The number of nitrogens with one attached hydrogen (secondary N) is 2. The Hall–Kier alpha value is -1.48. The molecule has 1 saturated heterocycles. The smallest absolute Gasteiger partial charge is 0.341 e. The molecule has 8 heteroatoms. The van der Waals surface area contributed by atoms with Gasteiger partial charge in [0.1, 0.15) is 31.2 Å². The average molecular weight is 412 g/mol. The molecule has 2 aliphatic rings. The maximum atomic E-state index is 12.5. The fourth-order valence-corrected chi connectivity index (χ4v) is 5.30. The fraction of sp³-hybridized carbons (Fsp3) is 0.700. The van der Waals surface area contributed by atoms with E-state index < -0.39 is 0 Å². The summed E-state index contributed by atoms with van der Waals surface area (Å²) >= 11 is 1.55. The number of amides is 1. The molecular weight excluding hydrogens is 378 g/mol. The number of ether oxygens (including phenoxy) is 2. The third kappa shape index (κ3) is 5.53. The number of carbonyl (C=O) groups excluding carboxylic acids is 2. The zero-order valence-corrected chi connectivity index (χ0v) is 17.8. The Bertz CT molecular complexity index is 685. The first-order valence-electron chi connectivity index (χ1n) is 10.4. The number of hydrogen-bond donors (Lipinski definition) is 3. The van der Waals surface area contributed by atoms with Crippen LogP contribution >= 0.6 is 11.3 Å². The highest BCUT2D eigenvalue weighted by atomic mass is 32.1. The molecule has 3 rings (SSSR count). The summed E-state index contributed by atoms with van der Waals surface area (Å²) in [6.45, 7) is 10.4. The fourth-order valence-electron chi connectivity index (χ4n) is 3.89. The number of hydrogen-bond acceptors (Lipinski definition) is 5. The zero-order valence-electron chi connectivity index (χ0n) is 17.0. The first-order valence-corrected chi connectivity index (χ1v) is 11.2. The Morgan fingerprint density at radius 2 is 2.14 bits per heavy atom. The number of morpholine rings is 1. The zero-order chi connectivity index (χ0) is 19.9. The van der Waals surface area contributed by atoms with Crippen molar-refractivity contribution in [3.05, 3.63) is 16.0 Å². The number of carbonyl (C=O) groups is 2. The lowest BCUT2D eigenvalue weighted by Gasteiger charge is -2.22. The van der Waals surface area contributed by atoms with Gasteiger partial charge in [-0.15, -0.1) is 11.3 Å². The maximum absolute atomic E-state index is 12.5. The van der Waals surface area contributed by atoms with Gasteiger partial charge in [0.05, 0.1) is 25.4 Å². The van der Waals surface area contributed by atoms with Crippen molar-refractivity contribution >= 4 is 28.2 Å².